The van der Waals surface area contributed by atoms with Gasteiger partial charge < -0.3 is 15.1 Å². The number of amides is 1. The van der Waals surface area contributed by atoms with Crippen molar-refractivity contribution in [2.24, 2.45) is 0 Å². The summed E-state index contributed by atoms with van der Waals surface area (Å²) < 4.78 is 0. The van der Waals surface area contributed by atoms with Crippen molar-refractivity contribution in [3.8, 4) is 11.8 Å². The number of hydrogen-bond donors (Lipinski definition) is 2. The van der Waals surface area contributed by atoms with Crippen molar-refractivity contribution in [3.05, 3.63) is 48.0 Å². The van der Waals surface area contributed by atoms with E-state index < -0.39 is 12.1 Å². The lowest BCUT2D eigenvalue weighted by Gasteiger charge is -2.22. The SMILES string of the molecule is O=C(O)CCCCCCN1C(=O)CC[C@@H]1C=C[C@H](O)CCC#Cc1ccccc1. The van der Waals surface area contributed by atoms with E-state index in [-0.39, 0.29) is 18.4 Å². The standard InChI is InChI=1S/C24H31NO4/c26-22(13-8-7-12-20-10-4-3-5-11-20)17-15-21-16-18-23(27)25(21)19-9-2-1-6-14-24(28)29/h3-5,10-11,15,17,21-22,26H,1-2,6,8-9,13-14,16,18-19H2,(H,28,29)/t21-,22+/m0/s1. The van der Waals surface area contributed by atoms with Gasteiger partial charge in [-0.2, -0.15) is 0 Å². The summed E-state index contributed by atoms with van der Waals surface area (Å²) >= 11 is 0. The normalized spacial score (nSPS) is 17.3. The zero-order valence-electron chi connectivity index (χ0n) is 16.9. The monoisotopic (exact) mass is 397 g/mol. The fraction of sp³-hybridized carbons (Fsp3) is 0.500. The van der Waals surface area contributed by atoms with Crippen molar-refractivity contribution in [2.75, 3.05) is 6.54 Å². The number of hydrogen-bond acceptors (Lipinski definition) is 3. The van der Waals surface area contributed by atoms with Gasteiger partial charge in [0, 0.05) is 31.4 Å². The molecule has 1 aliphatic rings. The van der Waals surface area contributed by atoms with Gasteiger partial charge in [-0.1, -0.05) is 55.0 Å². The summed E-state index contributed by atoms with van der Waals surface area (Å²) in [6, 6.07) is 9.82. The van der Waals surface area contributed by atoms with Crippen molar-refractivity contribution in [3.63, 3.8) is 0 Å². The van der Waals surface area contributed by atoms with Crippen molar-refractivity contribution in [1.29, 1.82) is 0 Å². The molecule has 0 radical (unpaired) electrons. The Hall–Kier alpha value is -2.58. The highest BCUT2D eigenvalue weighted by Crippen LogP contribution is 2.21. The molecule has 5 heteroatoms. The highest BCUT2D eigenvalue weighted by atomic mass is 16.4. The second-order valence-electron chi connectivity index (χ2n) is 7.41. The average Bonchev–Trinajstić information content (AvgIpc) is 3.06. The van der Waals surface area contributed by atoms with E-state index >= 15 is 0 Å². The fourth-order valence-electron chi connectivity index (χ4n) is 3.42. The number of nitrogens with zero attached hydrogens (tertiary/aromatic N) is 1. The Morgan fingerprint density at radius 1 is 1.21 bits per heavy atom. The molecule has 1 aromatic carbocycles. The largest absolute Gasteiger partial charge is 0.481 e. The molecule has 0 bridgehead atoms. The number of aliphatic carboxylic acids is 1. The highest BCUT2D eigenvalue weighted by molar-refractivity contribution is 5.79. The van der Waals surface area contributed by atoms with Crippen LogP contribution in [0.25, 0.3) is 0 Å². The number of carboxylic acids is 1. The maximum Gasteiger partial charge on any atom is 0.303 e. The van der Waals surface area contributed by atoms with E-state index in [2.05, 4.69) is 11.8 Å². The Morgan fingerprint density at radius 3 is 2.72 bits per heavy atom. The Labute approximate surface area is 173 Å². The first-order valence-corrected chi connectivity index (χ1v) is 10.5. The fourth-order valence-corrected chi connectivity index (χ4v) is 3.42. The van der Waals surface area contributed by atoms with Crippen LogP contribution in [0.5, 0.6) is 0 Å². The van der Waals surface area contributed by atoms with Crippen molar-refractivity contribution in [1.82, 2.24) is 4.90 Å². The molecule has 0 unspecified atom stereocenters. The number of rotatable bonds is 11. The van der Waals surface area contributed by atoms with Crippen LogP contribution in [0.1, 0.15) is 63.4 Å². The summed E-state index contributed by atoms with van der Waals surface area (Å²) in [6.07, 6.45) is 9.27. The summed E-state index contributed by atoms with van der Waals surface area (Å²) in [4.78, 5) is 24.5. The molecule has 29 heavy (non-hydrogen) atoms. The van der Waals surface area contributed by atoms with Crippen LogP contribution in [0.3, 0.4) is 0 Å². The van der Waals surface area contributed by atoms with Gasteiger partial charge >= 0.3 is 5.97 Å². The molecule has 2 atom stereocenters. The summed E-state index contributed by atoms with van der Waals surface area (Å²) in [7, 11) is 0. The third kappa shape index (κ3) is 8.97. The number of carboxylic acid groups (broad SMARTS) is 1. The van der Waals surface area contributed by atoms with E-state index in [4.69, 9.17) is 5.11 Å². The van der Waals surface area contributed by atoms with Gasteiger partial charge in [-0.15, -0.1) is 0 Å². The van der Waals surface area contributed by atoms with Crippen LogP contribution in [-0.2, 0) is 9.59 Å². The van der Waals surface area contributed by atoms with Crippen LogP contribution in [0, 0.1) is 11.8 Å². The minimum atomic E-state index is -0.755. The zero-order valence-corrected chi connectivity index (χ0v) is 16.9. The van der Waals surface area contributed by atoms with Crippen molar-refractivity contribution < 1.29 is 19.8 Å². The number of likely N-dealkylation sites (tertiary alicyclic amines) is 1. The van der Waals surface area contributed by atoms with Crippen LogP contribution in [0.15, 0.2) is 42.5 Å². The molecule has 2 rings (SSSR count). The number of carbonyl (C=O) groups excluding carboxylic acids is 1. The van der Waals surface area contributed by atoms with Gasteiger partial charge in [0.05, 0.1) is 12.1 Å². The van der Waals surface area contributed by atoms with Gasteiger partial charge in [0.1, 0.15) is 0 Å². The molecule has 0 spiro atoms. The van der Waals surface area contributed by atoms with E-state index in [1.54, 1.807) is 6.08 Å². The maximum atomic E-state index is 12.1. The first-order valence-electron chi connectivity index (χ1n) is 10.5. The molecule has 2 N–H and O–H groups in total. The Balaban J connectivity index is 1.69. The second-order valence-corrected chi connectivity index (χ2v) is 7.41. The number of benzene rings is 1. The Morgan fingerprint density at radius 2 is 1.97 bits per heavy atom. The molecular formula is C24H31NO4. The van der Waals surface area contributed by atoms with Crippen molar-refractivity contribution in [2.45, 2.75) is 69.9 Å². The van der Waals surface area contributed by atoms with E-state index in [0.717, 1.165) is 31.2 Å². The summed E-state index contributed by atoms with van der Waals surface area (Å²) in [5, 5.41) is 18.8. The predicted octanol–water partition coefficient (Wildman–Crippen LogP) is 3.76. The van der Waals surface area contributed by atoms with Gasteiger partial charge in [-0.3, -0.25) is 9.59 Å². The second kappa shape index (κ2) is 12.8. The molecule has 1 heterocycles. The lowest BCUT2D eigenvalue weighted by Crippen LogP contribution is -2.32. The van der Waals surface area contributed by atoms with E-state index in [1.807, 2.05) is 41.3 Å². The predicted molar refractivity (Wildman–Crippen MR) is 113 cm³/mol. The van der Waals surface area contributed by atoms with Crippen LogP contribution >= 0.6 is 0 Å². The molecule has 0 aliphatic carbocycles. The molecule has 156 valence electrons. The third-order valence-corrected chi connectivity index (χ3v) is 5.04. The molecular weight excluding hydrogens is 366 g/mol. The van der Waals surface area contributed by atoms with Crippen LogP contribution in [-0.4, -0.2) is 45.7 Å². The van der Waals surface area contributed by atoms with Crippen LogP contribution < -0.4 is 0 Å². The summed E-state index contributed by atoms with van der Waals surface area (Å²) in [6.45, 7) is 0.694. The maximum absolute atomic E-state index is 12.1. The van der Waals surface area contributed by atoms with Crippen LogP contribution in [0.4, 0.5) is 0 Å². The average molecular weight is 398 g/mol. The van der Waals surface area contributed by atoms with Gasteiger partial charge in [-0.05, 0) is 37.8 Å². The molecule has 1 aromatic rings. The Bertz CT molecular complexity index is 732. The number of aliphatic hydroxyl groups excluding tert-OH is 1. The third-order valence-electron chi connectivity index (χ3n) is 5.04. The molecule has 5 nitrogen and oxygen atoms in total. The first kappa shape index (κ1) is 22.7. The van der Waals surface area contributed by atoms with Gasteiger partial charge in [0.15, 0.2) is 0 Å². The lowest BCUT2D eigenvalue weighted by molar-refractivity contribution is -0.137. The quantitative estimate of drug-likeness (QED) is 0.339. The highest BCUT2D eigenvalue weighted by Gasteiger charge is 2.28. The van der Waals surface area contributed by atoms with E-state index in [0.29, 0.717) is 32.2 Å². The molecule has 1 amide bonds. The Kier molecular flexibility index (Phi) is 10.0. The first-order chi connectivity index (χ1) is 14.1. The minimum Gasteiger partial charge on any atom is -0.481 e. The van der Waals surface area contributed by atoms with E-state index in [1.165, 1.54) is 0 Å². The number of unbranched alkanes of at least 4 members (excludes halogenated alkanes) is 3. The summed E-state index contributed by atoms with van der Waals surface area (Å²) in [5.41, 5.74) is 0.973. The lowest BCUT2D eigenvalue weighted by atomic mass is 10.1. The molecule has 1 saturated heterocycles. The smallest absolute Gasteiger partial charge is 0.303 e. The van der Waals surface area contributed by atoms with Crippen LogP contribution in [0.2, 0.25) is 0 Å². The molecule has 1 fully saturated rings. The zero-order chi connectivity index (χ0) is 20.9. The van der Waals surface area contributed by atoms with Gasteiger partial charge in [0.25, 0.3) is 0 Å². The number of carbonyl (C=O) groups is 2. The van der Waals surface area contributed by atoms with Crippen molar-refractivity contribution >= 4 is 11.9 Å². The molecule has 0 saturated carbocycles. The minimum absolute atomic E-state index is 0.0478. The van der Waals surface area contributed by atoms with E-state index in [9.17, 15) is 14.7 Å². The summed E-state index contributed by atoms with van der Waals surface area (Å²) in [5.74, 6) is 5.57. The molecule has 0 aromatic heterocycles. The van der Waals surface area contributed by atoms with Gasteiger partial charge in [-0.25, -0.2) is 0 Å². The van der Waals surface area contributed by atoms with Gasteiger partial charge in [0.2, 0.25) is 5.91 Å². The molecule has 1 aliphatic heterocycles. The number of aliphatic hydroxyl groups is 1. The topological polar surface area (TPSA) is 77.8 Å².